The monoisotopic (exact) mass is 264 g/mol. The van der Waals surface area contributed by atoms with E-state index in [9.17, 15) is 0 Å². The first-order valence-corrected chi connectivity index (χ1v) is 6.75. The Bertz CT molecular complexity index is 375. The Morgan fingerprint density at radius 2 is 2.06 bits per heavy atom. The quantitative estimate of drug-likeness (QED) is 0.410. The van der Waals surface area contributed by atoms with Gasteiger partial charge in [-0.1, -0.05) is 36.9 Å². The van der Waals surface area contributed by atoms with Crippen molar-refractivity contribution in [2.24, 2.45) is 0 Å². The molecule has 2 radical (unpaired) electrons. The first kappa shape index (κ1) is 15.1. The molecular formula is C14H20O3Si. The summed E-state index contributed by atoms with van der Waals surface area (Å²) >= 11 is 0. The van der Waals surface area contributed by atoms with Crippen molar-refractivity contribution in [2.45, 2.75) is 18.8 Å². The molecule has 98 valence electrons. The highest BCUT2D eigenvalue weighted by Gasteiger charge is 2.25. The third-order valence-corrected chi connectivity index (χ3v) is 3.84. The van der Waals surface area contributed by atoms with Gasteiger partial charge in [0, 0.05) is 20.8 Å². The summed E-state index contributed by atoms with van der Waals surface area (Å²) in [4.78, 5) is 0. The maximum atomic E-state index is 5.61. The van der Waals surface area contributed by atoms with E-state index < -0.39 is 5.41 Å². The summed E-state index contributed by atoms with van der Waals surface area (Å²) in [5, 5.41) is 0. The van der Waals surface area contributed by atoms with E-state index in [4.69, 9.17) is 13.9 Å². The minimum atomic E-state index is -0.636. The summed E-state index contributed by atoms with van der Waals surface area (Å²) in [6.07, 6.45) is 2.72. The number of rotatable bonds is 8. The van der Waals surface area contributed by atoms with E-state index in [1.165, 1.54) is 5.56 Å². The molecule has 0 unspecified atom stereocenters. The lowest BCUT2D eigenvalue weighted by Crippen LogP contribution is -2.38. The van der Waals surface area contributed by atoms with Crippen molar-refractivity contribution in [1.82, 2.24) is 0 Å². The van der Waals surface area contributed by atoms with E-state index in [2.05, 4.69) is 18.7 Å². The molecule has 0 atom stereocenters. The van der Waals surface area contributed by atoms with Crippen LogP contribution in [0.1, 0.15) is 18.1 Å². The summed E-state index contributed by atoms with van der Waals surface area (Å²) in [7, 11) is 3.40. The molecule has 0 amide bonds. The van der Waals surface area contributed by atoms with Crippen LogP contribution in [0, 0.1) is 0 Å². The summed E-state index contributed by atoms with van der Waals surface area (Å²) < 4.78 is 16.1. The third kappa shape index (κ3) is 4.74. The number of benzene rings is 1. The standard InChI is InChI=1S/C14H20O3Si/c1-5-12-7-6-8-13(11-12)9-10-17-18-14(2,15-3)16-4/h5-8,11H,1,9-10H2,2-4H3. The van der Waals surface area contributed by atoms with E-state index in [0.29, 0.717) is 6.61 Å². The molecule has 0 saturated heterocycles. The summed E-state index contributed by atoms with van der Waals surface area (Å²) in [6.45, 7) is 6.28. The fraction of sp³-hybridized carbons (Fsp3) is 0.429. The van der Waals surface area contributed by atoms with Gasteiger partial charge in [0.25, 0.3) is 0 Å². The highest BCUT2D eigenvalue weighted by Crippen LogP contribution is 2.09. The van der Waals surface area contributed by atoms with Gasteiger partial charge < -0.3 is 13.9 Å². The summed E-state index contributed by atoms with van der Waals surface area (Å²) in [5.74, 6) is 0. The first-order valence-electron chi connectivity index (χ1n) is 5.84. The molecule has 0 aromatic heterocycles. The maximum Gasteiger partial charge on any atom is 0.304 e. The second-order valence-electron chi connectivity index (χ2n) is 4.00. The van der Waals surface area contributed by atoms with Crippen molar-refractivity contribution in [1.29, 1.82) is 0 Å². The van der Waals surface area contributed by atoms with Crippen LogP contribution in [0.2, 0.25) is 0 Å². The molecule has 0 saturated carbocycles. The van der Waals surface area contributed by atoms with Crippen LogP contribution in [0.25, 0.3) is 6.08 Å². The molecule has 18 heavy (non-hydrogen) atoms. The Morgan fingerprint density at radius 1 is 1.33 bits per heavy atom. The zero-order chi connectivity index (χ0) is 13.4. The van der Waals surface area contributed by atoms with E-state index in [1.54, 1.807) is 14.2 Å². The van der Waals surface area contributed by atoms with Gasteiger partial charge >= 0.3 is 9.76 Å². The van der Waals surface area contributed by atoms with Crippen molar-refractivity contribution in [2.75, 3.05) is 20.8 Å². The topological polar surface area (TPSA) is 27.7 Å². The lowest BCUT2D eigenvalue weighted by Gasteiger charge is -2.24. The molecule has 0 fully saturated rings. The predicted molar refractivity (Wildman–Crippen MR) is 74.4 cm³/mol. The number of hydrogen-bond acceptors (Lipinski definition) is 3. The molecule has 1 aromatic rings. The third-order valence-electron chi connectivity index (χ3n) is 2.72. The lowest BCUT2D eigenvalue weighted by molar-refractivity contribution is -0.138. The fourth-order valence-electron chi connectivity index (χ4n) is 1.39. The Balaban J connectivity index is 2.35. The molecule has 3 nitrogen and oxygen atoms in total. The molecule has 1 aromatic carbocycles. The van der Waals surface area contributed by atoms with Gasteiger partial charge in [-0.05, 0) is 24.5 Å². The summed E-state index contributed by atoms with van der Waals surface area (Å²) in [5.41, 5.74) is 1.74. The maximum absolute atomic E-state index is 5.61. The molecule has 0 aliphatic heterocycles. The Hall–Kier alpha value is -0.943. The predicted octanol–water partition coefficient (Wildman–Crippen LogP) is 2.47. The second-order valence-corrected chi connectivity index (χ2v) is 5.40. The van der Waals surface area contributed by atoms with E-state index >= 15 is 0 Å². The van der Waals surface area contributed by atoms with E-state index in [1.807, 2.05) is 25.1 Å². The van der Waals surface area contributed by atoms with Crippen molar-refractivity contribution < 1.29 is 13.9 Å². The van der Waals surface area contributed by atoms with Crippen LogP contribution in [-0.2, 0) is 20.3 Å². The minimum Gasteiger partial charge on any atom is -0.412 e. The SMILES string of the molecule is C=Cc1cccc(CCO[Si]C(C)(OC)OC)c1. The van der Waals surface area contributed by atoms with Gasteiger partial charge in [0.1, 0.15) is 0 Å². The van der Waals surface area contributed by atoms with Gasteiger partial charge in [-0.3, -0.25) is 0 Å². The van der Waals surface area contributed by atoms with Crippen LogP contribution in [-0.4, -0.2) is 36.0 Å². The van der Waals surface area contributed by atoms with Gasteiger partial charge in [0.15, 0.2) is 5.41 Å². The largest absolute Gasteiger partial charge is 0.412 e. The highest BCUT2D eigenvalue weighted by atomic mass is 28.2. The van der Waals surface area contributed by atoms with Crippen molar-refractivity contribution in [3.63, 3.8) is 0 Å². The van der Waals surface area contributed by atoms with Crippen LogP contribution in [0.15, 0.2) is 30.8 Å². The fourth-order valence-corrected chi connectivity index (χ4v) is 2.03. The molecule has 0 aliphatic rings. The van der Waals surface area contributed by atoms with Crippen LogP contribution < -0.4 is 0 Å². The molecule has 0 N–H and O–H groups in total. The molecule has 1 rings (SSSR count). The zero-order valence-corrected chi connectivity index (χ0v) is 12.2. The first-order chi connectivity index (χ1) is 8.63. The van der Waals surface area contributed by atoms with Crippen LogP contribution in [0.4, 0.5) is 0 Å². The normalized spacial score (nSPS) is 11.5. The van der Waals surface area contributed by atoms with Gasteiger partial charge in [-0.25, -0.2) is 0 Å². The molecular weight excluding hydrogens is 244 g/mol. The molecule has 4 heteroatoms. The second kappa shape index (κ2) is 7.48. The zero-order valence-electron chi connectivity index (χ0n) is 11.2. The average molecular weight is 264 g/mol. The van der Waals surface area contributed by atoms with Gasteiger partial charge in [-0.15, -0.1) is 0 Å². The number of ether oxygens (including phenoxy) is 2. The van der Waals surface area contributed by atoms with E-state index in [-0.39, 0.29) is 9.76 Å². The molecule has 0 heterocycles. The summed E-state index contributed by atoms with van der Waals surface area (Å²) in [6, 6.07) is 8.27. The van der Waals surface area contributed by atoms with Gasteiger partial charge in [0.05, 0.1) is 0 Å². The highest BCUT2D eigenvalue weighted by molar-refractivity contribution is 6.30. The van der Waals surface area contributed by atoms with Gasteiger partial charge in [-0.2, -0.15) is 0 Å². The van der Waals surface area contributed by atoms with Crippen LogP contribution >= 0.6 is 0 Å². The lowest BCUT2D eigenvalue weighted by atomic mass is 10.1. The minimum absolute atomic E-state index is 0.161. The van der Waals surface area contributed by atoms with Crippen molar-refractivity contribution >= 4 is 15.8 Å². The average Bonchev–Trinajstić information content (AvgIpc) is 2.43. The van der Waals surface area contributed by atoms with Crippen molar-refractivity contribution in [3.8, 4) is 0 Å². The Morgan fingerprint density at radius 3 is 2.67 bits per heavy atom. The van der Waals surface area contributed by atoms with Crippen LogP contribution in [0.3, 0.4) is 0 Å². The number of methoxy groups -OCH3 is 2. The van der Waals surface area contributed by atoms with Crippen LogP contribution in [0.5, 0.6) is 0 Å². The Labute approximate surface area is 112 Å². The van der Waals surface area contributed by atoms with Gasteiger partial charge in [0.2, 0.25) is 0 Å². The van der Waals surface area contributed by atoms with E-state index in [0.717, 1.165) is 12.0 Å². The Kier molecular flexibility index (Phi) is 6.28. The number of hydrogen-bond donors (Lipinski definition) is 0. The molecule has 0 spiro atoms. The van der Waals surface area contributed by atoms with Crippen molar-refractivity contribution in [3.05, 3.63) is 42.0 Å². The smallest absolute Gasteiger partial charge is 0.304 e. The molecule has 0 bridgehead atoms. The molecule has 0 aliphatic carbocycles.